The van der Waals surface area contributed by atoms with Gasteiger partial charge >= 0.3 is 0 Å². The van der Waals surface area contributed by atoms with Crippen LogP contribution in [0.2, 0.25) is 0 Å². The third-order valence-electron chi connectivity index (χ3n) is 2.28. The van der Waals surface area contributed by atoms with Gasteiger partial charge < -0.3 is 10.2 Å². The highest BCUT2D eigenvalue weighted by molar-refractivity contribution is 4.61. The lowest BCUT2D eigenvalue weighted by molar-refractivity contribution is 0.130. The van der Waals surface area contributed by atoms with Crippen LogP contribution in [-0.2, 0) is 0 Å². The van der Waals surface area contributed by atoms with Gasteiger partial charge in [0.15, 0.2) is 0 Å². The molecule has 0 spiro atoms. The molecule has 0 aromatic rings. The van der Waals surface area contributed by atoms with E-state index in [-0.39, 0.29) is 6.10 Å². The molecule has 0 amide bonds. The molecule has 0 radical (unpaired) electrons. The lowest BCUT2D eigenvalue weighted by Gasteiger charge is -2.14. The van der Waals surface area contributed by atoms with E-state index in [1.54, 1.807) is 0 Å². The number of aliphatic hydroxyl groups excluding tert-OH is 2. The zero-order chi connectivity index (χ0) is 10.1. The van der Waals surface area contributed by atoms with Gasteiger partial charge in [-0.2, -0.15) is 0 Å². The Morgan fingerprint density at radius 3 is 1.85 bits per heavy atom. The Hall–Kier alpha value is -0.0800. The lowest BCUT2D eigenvalue weighted by atomic mass is 9.98. The molecule has 0 heterocycles. The van der Waals surface area contributed by atoms with Crippen LogP contribution in [0.3, 0.4) is 0 Å². The summed E-state index contributed by atoms with van der Waals surface area (Å²) >= 11 is 0. The van der Waals surface area contributed by atoms with Crippen LogP contribution in [0.15, 0.2) is 0 Å². The van der Waals surface area contributed by atoms with Crippen LogP contribution in [0.5, 0.6) is 0 Å². The Labute approximate surface area is 82.0 Å². The highest BCUT2D eigenvalue weighted by Gasteiger charge is 2.07. The van der Waals surface area contributed by atoms with Crippen molar-refractivity contribution in [3.63, 3.8) is 0 Å². The molecule has 1 fully saturated rings. The van der Waals surface area contributed by atoms with Crippen LogP contribution >= 0.6 is 0 Å². The molecule has 0 aliphatic heterocycles. The second-order valence-electron chi connectivity index (χ2n) is 4.20. The van der Waals surface area contributed by atoms with Crippen molar-refractivity contribution in [1.82, 2.24) is 0 Å². The molecule has 0 saturated heterocycles. The Morgan fingerprint density at radius 2 is 1.69 bits per heavy atom. The van der Waals surface area contributed by atoms with Gasteiger partial charge in [-0.25, -0.2) is 0 Å². The van der Waals surface area contributed by atoms with Crippen LogP contribution in [0.25, 0.3) is 0 Å². The van der Waals surface area contributed by atoms with E-state index in [9.17, 15) is 0 Å². The third kappa shape index (κ3) is 9.84. The quantitative estimate of drug-likeness (QED) is 0.698. The number of hydrogen-bond acceptors (Lipinski definition) is 2. The highest BCUT2D eigenvalue weighted by Crippen LogP contribution is 2.16. The predicted octanol–water partition coefficient (Wildman–Crippen LogP) is 2.34. The van der Waals surface area contributed by atoms with Crippen molar-refractivity contribution in [3.8, 4) is 0 Å². The van der Waals surface area contributed by atoms with E-state index in [4.69, 9.17) is 10.2 Å². The van der Waals surface area contributed by atoms with Gasteiger partial charge in [-0.1, -0.05) is 33.1 Å². The average Bonchev–Trinajstić information content (AvgIpc) is 2.06. The van der Waals surface area contributed by atoms with Crippen molar-refractivity contribution in [3.05, 3.63) is 0 Å². The first kappa shape index (κ1) is 12.9. The van der Waals surface area contributed by atoms with Gasteiger partial charge in [0.25, 0.3) is 0 Å². The second-order valence-corrected chi connectivity index (χ2v) is 4.20. The standard InChI is InChI=1S/C6H12O.C5H12O/c7-6-4-2-1-3-5-6;1-5(2)3-4-6/h6-7H,1-5H2;5-6H,3-4H2,1-2H3. The topological polar surface area (TPSA) is 40.5 Å². The fourth-order valence-corrected chi connectivity index (χ4v) is 1.34. The summed E-state index contributed by atoms with van der Waals surface area (Å²) in [5.41, 5.74) is 0. The first-order valence-corrected chi connectivity index (χ1v) is 5.45. The van der Waals surface area contributed by atoms with E-state index in [0.717, 1.165) is 19.3 Å². The zero-order valence-corrected chi connectivity index (χ0v) is 9.00. The summed E-state index contributed by atoms with van der Waals surface area (Å²) in [6.07, 6.45) is 6.85. The fourth-order valence-electron chi connectivity index (χ4n) is 1.34. The van der Waals surface area contributed by atoms with Crippen molar-refractivity contribution >= 4 is 0 Å². The molecule has 2 heteroatoms. The lowest BCUT2D eigenvalue weighted by Crippen LogP contribution is -2.09. The Kier molecular flexibility index (Phi) is 8.46. The van der Waals surface area contributed by atoms with Crippen molar-refractivity contribution < 1.29 is 10.2 Å². The maximum Gasteiger partial charge on any atom is 0.0540 e. The van der Waals surface area contributed by atoms with Gasteiger partial charge in [0.05, 0.1) is 6.10 Å². The predicted molar refractivity (Wildman–Crippen MR) is 55.6 cm³/mol. The molecule has 2 nitrogen and oxygen atoms in total. The molecule has 0 bridgehead atoms. The number of aliphatic hydroxyl groups is 2. The minimum absolute atomic E-state index is 0.0359. The summed E-state index contributed by atoms with van der Waals surface area (Å²) < 4.78 is 0. The molecular formula is C11H24O2. The van der Waals surface area contributed by atoms with E-state index in [0.29, 0.717) is 12.5 Å². The van der Waals surface area contributed by atoms with Gasteiger partial charge in [0, 0.05) is 6.61 Å². The van der Waals surface area contributed by atoms with Gasteiger partial charge in [0.1, 0.15) is 0 Å². The Balaban J connectivity index is 0.000000226. The summed E-state index contributed by atoms with van der Waals surface area (Å²) in [6.45, 7) is 4.52. The summed E-state index contributed by atoms with van der Waals surface area (Å²) in [4.78, 5) is 0. The van der Waals surface area contributed by atoms with E-state index in [1.807, 2.05) is 0 Å². The summed E-state index contributed by atoms with van der Waals surface area (Å²) in [5, 5.41) is 17.1. The Morgan fingerprint density at radius 1 is 1.15 bits per heavy atom. The largest absolute Gasteiger partial charge is 0.396 e. The van der Waals surface area contributed by atoms with Crippen molar-refractivity contribution in [2.24, 2.45) is 5.92 Å². The van der Waals surface area contributed by atoms with Crippen LogP contribution in [0.4, 0.5) is 0 Å². The number of rotatable bonds is 2. The van der Waals surface area contributed by atoms with Gasteiger partial charge in [-0.15, -0.1) is 0 Å². The third-order valence-corrected chi connectivity index (χ3v) is 2.28. The highest BCUT2D eigenvalue weighted by atomic mass is 16.3. The monoisotopic (exact) mass is 188 g/mol. The Bertz CT molecular complexity index is 96.3. The van der Waals surface area contributed by atoms with Gasteiger partial charge in [-0.3, -0.25) is 0 Å². The molecule has 0 aromatic heterocycles. The molecule has 1 rings (SSSR count). The molecule has 2 N–H and O–H groups in total. The van der Waals surface area contributed by atoms with Crippen LogP contribution < -0.4 is 0 Å². The minimum Gasteiger partial charge on any atom is -0.396 e. The molecule has 0 atom stereocenters. The minimum atomic E-state index is 0.0359. The normalized spacial score (nSPS) is 18.2. The molecule has 0 unspecified atom stereocenters. The van der Waals surface area contributed by atoms with Crippen LogP contribution in [-0.4, -0.2) is 22.9 Å². The van der Waals surface area contributed by atoms with Gasteiger partial charge in [-0.05, 0) is 25.2 Å². The molecule has 13 heavy (non-hydrogen) atoms. The average molecular weight is 188 g/mol. The maximum atomic E-state index is 8.91. The summed E-state index contributed by atoms with van der Waals surface area (Å²) in [7, 11) is 0. The van der Waals surface area contributed by atoms with Crippen LogP contribution in [0, 0.1) is 5.92 Å². The maximum absolute atomic E-state index is 8.91. The molecule has 80 valence electrons. The summed E-state index contributed by atoms with van der Waals surface area (Å²) in [5.74, 6) is 0.648. The first-order valence-electron chi connectivity index (χ1n) is 5.45. The summed E-state index contributed by atoms with van der Waals surface area (Å²) in [6, 6.07) is 0. The van der Waals surface area contributed by atoms with Gasteiger partial charge in [0.2, 0.25) is 0 Å². The number of hydrogen-bond donors (Lipinski definition) is 2. The zero-order valence-electron chi connectivity index (χ0n) is 9.00. The van der Waals surface area contributed by atoms with Crippen molar-refractivity contribution in [2.75, 3.05) is 6.61 Å². The molecule has 1 aliphatic carbocycles. The van der Waals surface area contributed by atoms with Crippen LogP contribution in [0.1, 0.15) is 52.4 Å². The van der Waals surface area contributed by atoms with E-state index in [2.05, 4.69) is 13.8 Å². The van der Waals surface area contributed by atoms with E-state index < -0.39 is 0 Å². The first-order chi connectivity index (χ1) is 6.16. The molecule has 0 aromatic carbocycles. The molecular weight excluding hydrogens is 164 g/mol. The second kappa shape index (κ2) is 8.52. The van der Waals surface area contributed by atoms with E-state index >= 15 is 0 Å². The SMILES string of the molecule is CC(C)CCO.OC1CCCCC1. The van der Waals surface area contributed by atoms with Crippen molar-refractivity contribution in [1.29, 1.82) is 0 Å². The van der Waals surface area contributed by atoms with Crippen molar-refractivity contribution in [2.45, 2.75) is 58.5 Å². The molecule has 1 saturated carbocycles. The van der Waals surface area contributed by atoms with E-state index in [1.165, 1.54) is 19.3 Å². The smallest absolute Gasteiger partial charge is 0.0540 e. The fraction of sp³-hybridized carbons (Fsp3) is 1.00. The molecule has 1 aliphatic rings.